The molecule has 2 rings (SSSR count). The maximum atomic E-state index is 5.87. The minimum Gasteiger partial charge on any atom is -0.496 e. The molecular formula is C15H20N4O. The Balaban J connectivity index is 2.32. The second-order valence-electron chi connectivity index (χ2n) is 5.05. The largest absolute Gasteiger partial charge is 0.496 e. The summed E-state index contributed by atoms with van der Waals surface area (Å²) in [5, 5.41) is 0. The van der Waals surface area contributed by atoms with Crippen molar-refractivity contribution in [2.24, 2.45) is 0 Å². The van der Waals surface area contributed by atoms with Crippen molar-refractivity contribution in [3.8, 4) is 5.75 Å². The minimum absolute atomic E-state index is 0.198. The molecule has 0 amide bonds. The van der Waals surface area contributed by atoms with Crippen LogP contribution in [0.3, 0.4) is 0 Å². The Hall–Kier alpha value is -2.30. The summed E-state index contributed by atoms with van der Waals surface area (Å²) in [6.07, 6.45) is 2.35. The quantitative estimate of drug-likeness (QED) is 0.892. The van der Waals surface area contributed by atoms with Crippen LogP contribution in [0.4, 0.5) is 11.8 Å². The summed E-state index contributed by atoms with van der Waals surface area (Å²) >= 11 is 0. The van der Waals surface area contributed by atoms with Crippen molar-refractivity contribution in [1.29, 1.82) is 0 Å². The van der Waals surface area contributed by atoms with Crippen molar-refractivity contribution < 1.29 is 4.74 Å². The zero-order valence-electron chi connectivity index (χ0n) is 12.1. The van der Waals surface area contributed by atoms with Crippen molar-refractivity contribution >= 4 is 11.8 Å². The fourth-order valence-electron chi connectivity index (χ4n) is 2.14. The normalized spacial score (nSPS) is 10.8. The van der Waals surface area contributed by atoms with Crippen molar-refractivity contribution in [2.45, 2.75) is 26.2 Å². The molecule has 4 N–H and O–H groups in total. The molecular weight excluding hydrogens is 252 g/mol. The molecule has 106 valence electrons. The molecule has 0 bridgehead atoms. The molecule has 0 spiro atoms. The summed E-state index contributed by atoms with van der Waals surface area (Å²) in [6.45, 7) is 4.28. The van der Waals surface area contributed by atoms with E-state index in [1.807, 2.05) is 12.1 Å². The maximum absolute atomic E-state index is 5.87. The number of nitrogens with two attached hydrogens (primary N) is 2. The molecule has 20 heavy (non-hydrogen) atoms. The van der Waals surface area contributed by atoms with E-state index in [1.54, 1.807) is 13.3 Å². The lowest BCUT2D eigenvalue weighted by atomic mass is 9.97. The van der Waals surface area contributed by atoms with Gasteiger partial charge in [-0.1, -0.05) is 26.0 Å². The SMILES string of the molecule is COc1ccc(Cc2cnc(N)nc2N)cc1C(C)C. The highest BCUT2D eigenvalue weighted by molar-refractivity contribution is 5.46. The number of benzene rings is 1. The topological polar surface area (TPSA) is 87.0 Å². The summed E-state index contributed by atoms with van der Waals surface area (Å²) in [6, 6.07) is 6.15. The van der Waals surface area contributed by atoms with Crippen LogP contribution in [0, 0.1) is 0 Å². The average molecular weight is 272 g/mol. The molecule has 1 aromatic heterocycles. The third-order valence-corrected chi connectivity index (χ3v) is 3.23. The summed E-state index contributed by atoms with van der Waals surface area (Å²) in [5.74, 6) is 1.93. The van der Waals surface area contributed by atoms with Gasteiger partial charge in [0.25, 0.3) is 0 Å². The van der Waals surface area contributed by atoms with Crippen molar-refractivity contribution in [2.75, 3.05) is 18.6 Å². The Morgan fingerprint density at radius 1 is 1.25 bits per heavy atom. The molecule has 5 heteroatoms. The van der Waals surface area contributed by atoms with E-state index in [4.69, 9.17) is 16.2 Å². The highest BCUT2D eigenvalue weighted by Gasteiger charge is 2.10. The standard InChI is InChI=1S/C15H20N4O/c1-9(2)12-7-10(4-5-13(12)20-3)6-11-8-18-15(17)19-14(11)16/h4-5,7-9H,6H2,1-3H3,(H4,16,17,18,19). The van der Waals surface area contributed by atoms with E-state index in [0.717, 1.165) is 16.9 Å². The minimum atomic E-state index is 0.198. The Bertz CT molecular complexity index is 611. The molecule has 0 saturated heterocycles. The second kappa shape index (κ2) is 5.77. The first-order valence-electron chi connectivity index (χ1n) is 6.55. The number of nitrogens with zero attached hydrogens (tertiary/aromatic N) is 2. The predicted molar refractivity (Wildman–Crippen MR) is 80.7 cm³/mol. The summed E-state index contributed by atoms with van der Waals surface area (Å²) in [4.78, 5) is 7.97. The van der Waals surface area contributed by atoms with Gasteiger partial charge < -0.3 is 16.2 Å². The number of anilines is 2. The molecule has 0 aliphatic carbocycles. The fraction of sp³-hybridized carbons (Fsp3) is 0.333. The fourth-order valence-corrected chi connectivity index (χ4v) is 2.14. The molecule has 0 aliphatic heterocycles. The van der Waals surface area contributed by atoms with Gasteiger partial charge in [-0.15, -0.1) is 0 Å². The van der Waals surface area contributed by atoms with E-state index in [2.05, 4.69) is 29.9 Å². The highest BCUT2D eigenvalue weighted by Crippen LogP contribution is 2.28. The Kier molecular flexibility index (Phi) is 4.08. The van der Waals surface area contributed by atoms with Gasteiger partial charge in [0.15, 0.2) is 0 Å². The van der Waals surface area contributed by atoms with Gasteiger partial charge in [-0.05, 0) is 23.1 Å². The average Bonchev–Trinajstić information content (AvgIpc) is 2.41. The summed E-state index contributed by atoms with van der Waals surface area (Å²) in [7, 11) is 1.69. The maximum Gasteiger partial charge on any atom is 0.221 e. The van der Waals surface area contributed by atoms with Gasteiger partial charge in [-0.3, -0.25) is 0 Å². The number of rotatable bonds is 4. The van der Waals surface area contributed by atoms with E-state index in [9.17, 15) is 0 Å². The van der Waals surface area contributed by atoms with E-state index in [0.29, 0.717) is 18.2 Å². The first-order valence-corrected chi connectivity index (χ1v) is 6.55. The molecule has 1 aromatic carbocycles. The van der Waals surface area contributed by atoms with Crippen LogP contribution in [-0.4, -0.2) is 17.1 Å². The zero-order valence-corrected chi connectivity index (χ0v) is 12.1. The van der Waals surface area contributed by atoms with Crippen LogP contribution in [0.25, 0.3) is 0 Å². The Labute approximate surface area is 119 Å². The van der Waals surface area contributed by atoms with E-state index in [1.165, 1.54) is 5.56 Å². The number of hydrogen-bond acceptors (Lipinski definition) is 5. The zero-order chi connectivity index (χ0) is 14.7. The van der Waals surface area contributed by atoms with Crippen molar-refractivity contribution in [1.82, 2.24) is 9.97 Å². The molecule has 0 radical (unpaired) electrons. The number of nitrogen functional groups attached to an aromatic ring is 2. The van der Waals surface area contributed by atoms with Crippen LogP contribution >= 0.6 is 0 Å². The summed E-state index contributed by atoms with van der Waals surface area (Å²) in [5.41, 5.74) is 14.6. The van der Waals surface area contributed by atoms with Gasteiger partial charge in [0.1, 0.15) is 11.6 Å². The second-order valence-corrected chi connectivity index (χ2v) is 5.05. The first kappa shape index (κ1) is 14.1. The van der Waals surface area contributed by atoms with E-state index < -0.39 is 0 Å². The predicted octanol–water partition coefficient (Wildman–Crippen LogP) is 2.36. The number of methoxy groups -OCH3 is 1. The Morgan fingerprint density at radius 2 is 2.00 bits per heavy atom. The van der Waals surface area contributed by atoms with Gasteiger partial charge in [0, 0.05) is 18.2 Å². The van der Waals surface area contributed by atoms with Gasteiger partial charge in [0.2, 0.25) is 5.95 Å². The lowest BCUT2D eigenvalue weighted by molar-refractivity contribution is 0.407. The molecule has 5 nitrogen and oxygen atoms in total. The van der Waals surface area contributed by atoms with Crippen LogP contribution < -0.4 is 16.2 Å². The van der Waals surface area contributed by atoms with Crippen LogP contribution in [0.5, 0.6) is 5.75 Å². The van der Waals surface area contributed by atoms with Gasteiger partial charge in [-0.25, -0.2) is 4.98 Å². The number of aromatic nitrogens is 2. The van der Waals surface area contributed by atoms with Crippen LogP contribution in [0.15, 0.2) is 24.4 Å². The molecule has 0 saturated carbocycles. The van der Waals surface area contributed by atoms with Crippen LogP contribution in [0.2, 0.25) is 0 Å². The van der Waals surface area contributed by atoms with Gasteiger partial charge in [-0.2, -0.15) is 4.98 Å². The first-order chi connectivity index (χ1) is 9.51. The number of hydrogen-bond donors (Lipinski definition) is 2. The molecule has 0 aliphatic rings. The molecule has 0 unspecified atom stereocenters. The van der Waals surface area contributed by atoms with Crippen LogP contribution in [-0.2, 0) is 6.42 Å². The van der Waals surface area contributed by atoms with Gasteiger partial charge >= 0.3 is 0 Å². The monoisotopic (exact) mass is 272 g/mol. The van der Waals surface area contributed by atoms with Crippen molar-refractivity contribution in [3.05, 3.63) is 41.1 Å². The third kappa shape index (κ3) is 2.99. The summed E-state index contributed by atoms with van der Waals surface area (Å²) < 4.78 is 5.39. The smallest absolute Gasteiger partial charge is 0.221 e. The molecule has 0 fully saturated rings. The lowest BCUT2D eigenvalue weighted by Gasteiger charge is -2.14. The van der Waals surface area contributed by atoms with Gasteiger partial charge in [0.05, 0.1) is 7.11 Å². The van der Waals surface area contributed by atoms with Crippen molar-refractivity contribution in [3.63, 3.8) is 0 Å². The lowest BCUT2D eigenvalue weighted by Crippen LogP contribution is -2.04. The highest BCUT2D eigenvalue weighted by atomic mass is 16.5. The Morgan fingerprint density at radius 3 is 2.60 bits per heavy atom. The molecule has 2 aromatic rings. The molecule has 1 heterocycles. The van der Waals surface area contributed by atoms with E-state index >= 15 is 0 Å². The van der Waals surface area contributed by atoms with E-state index in [-0.39, 0.29) is 5.95 Å². The van der Waals surface area contributed by atoms with Crippen LogP contribution in [0.1, 0.15) is 36.5 Å². The third-order valence-electron chi connectivity index (χ3n) is 3.23. The molecule has 0 atom stereocenters. The number of ether oxygens (including phenoxy) is 1.